The molecule has 0 spiro atoms. The second-order valence-electron chi connectivity index (χ2n) is 6.09. The van der Waals surface area contributed by atoms with Crippen LogP contribution in [-0.2, 0) is 0 Å². The molecule has 0 amide bonds. The van der Waals surface area contributed by atoms with E-state index in [1.807, 2.05) is 6.92 Å². The summed E-state index contributed by atoms with van der Waals surface area (Å²) < 4.78 is 13.6. The first kappa shape index (κ1) is 16.7. The van der Waals surface area contributed by atoms with E-state index in [1.165, 1.54) is 24.6 Å². The Hall–Kier alpha value is -2.14. The van der Waals surface area contributed by atoms with E-state index in [4.69, 9.17) is 12.2 Å². The van der Waals surface area contributed by atoms with Crippen molar-refractivity contribution in [2.24, 2.45) is 0 Å². The van der Waals surface area contributed by atoms with E-state index in [0.717, 1.165) is 18.7 Å². The van der Waals surface area contributed by atoms with Crippen molar-refractivity contribution in [3.05, 3.63) is 59.9 Å². The minimum atomic E-state index is -0.315. The van der Waals surface area contributed by atoms with E-state index >= 15 is 0 Å². The Bertz CT molecular complexity index is 696. The third kappa shape index (κ3) is 4.03. The number of nitrogens with zero attached hydrogens (tertiary/aromatic N) is 1. The van der Waals surface area contributed by atoms with E-state index in [-0.39, 0.29) is 11.9 Å². The van der Waals surface area contributed by atoms with Crippen molar-refractivity contribution < 1.29 is 4.39 Å². The zero-order chi connectivity index (χ0) is 16.9. The predicted molar refractivity (Wildman–Crippen MR) is 102 cm³/mol. The van der Waals surface area contributed by atoms with Gasteiger partial charge < -0.3 is 15.5 Å². The molecule has 1 atom stereocenters. The fourth-order valence-corrected chi connectivity index (χ4v) is 3.24. The van der Waals surface area contributed by atoms with E-state index < -0.39 is 0 Å². The lowest BCUT2D eigenvalue weighted by Crippen LogP contribution is -2.31. The first-order chi connectivity index (χ1) is 11.6. The first-order valence-electron chi connectivity index (χ1n) is 8.30. The standard InChI is InChI=1S/C19H22FN3S/c1-14(21-19(24)22-18-7-3-2-6-17(18)20)15-8-10-16(11-9-15)23-12-4-5-13-23/h2-3,6-11,14H,4-5,12-13H2,1H3,(H2,21,22,24)/t14-/m1/s1. The van der Waals surface area contributed by atoms with Gasteiger partial charge in [0.25, 0.3) is 0 Å². The summed E-state index contributed by atoms with van der Waals surface area (Å²) >= 11 is 5.29. The normalized spacial score (nSPS) is 15.2. The van der Waals surface area contributed by atoms with Crippen LogP contribution in [0.15, 0.2) is 48.5 Å². The van der Waals surface area contributed by atoms with E-state index in [2.05, 4.69) is 39.8 Å². The number of halogens is 1. The Morgan fingerprint density at radius 1 is 1.08 bits per heavy atom. The molecule has 1 fully saturated rings. The molecule has 3 rings (SSSR count). The summed E-state index contributed by atoms with van der Waals surface area (Å²) in [6.45, 7) is 4.33. The molecule has 2 aromatic carbocycles. The molecule has 1 aliphatic heterocycles. The van der Waals surface area contributed by atoms with Crippen LogP contribution in [0.2, 0.25) is 0 Å². The smallest absolute Gasteiger partial charge is 0.171 e. The lowest BCUT2D eigenvalue weighted by atomic mass is 10.1. The summed E-state index contributed by atoms with van der Waals surface area (Å²) in [7, 11) is 0. The van der Waals surface area contributed by atoms with Gasteiger partial charge in [-0.05, 0) is 61.8 Å². The molecule has 1 heterocycles. The van der Waals surface area contributed by atoms with Gasteiger partial charge in [0.2, 0.25) is 0 Å². The van der Waals surface area contributed by atoms with Gasteiger partial charge in [-0.15, -0.1) is 0 Å². The second-order valence-corrected chi connectivity index (χ2v) is 6.49. The highest BCUT2D eigenvalue weighted by Crippen LogP contribution is 2.22. The fraction of sp³-hybridized carbons (Fsp3) is 0.316. The molecular weight excluding hydrogens is 321 g/mol. The van der Waals surface area contributed by atoms with Gasteiger partial charge in [0.05, 0.1) is 11.7 Å². The van der Waals surface area contributed by atoms with Crippen LogP contribution in [0, 0.1) is 5.82 Å². The second kappa shape index (κ2) is 7.62. The highest BCUT2D eigenvalue weighted by atomic mass is 32.1. The lowest BCUT2D eigenvalue weighted by Gasteiger charge is -2.20. The molecule has 0 radical (unpaired) electrons. The van der Waals surface area contributed by atoms with Gasteiger partial charge in [-0.3, -0.25) is 0 Å². The van der Waals surface area contributed by atoms with E-state index in [9.17, 15) is 4.39 Å². The highest BCUT2D eigenvalue weighted by Gasteiger charge is 2.13. The van der Waals surface area contributed by atoms with Crippen LogP contribution in [0.1, 0.15) is 31.4 Å². The average Bonchev–Trinajstić information content (AvgIpc) is 3.11. The third-order valence-corrected chi connectivity index (χ3v) is 4.55. The van der Waals surface area contributed by atoms with Gasteiger partial charge in [-0.25, -0.2) is 4.39 Å². The van der Waals surface area contributed by atoms with E-state index in [1.54, 1.807) is 18.2 Å². The molecule has 0 aromatic heterocycles. The Morgan fingerprint density at radius 2 is 1.75 bits per heavy atom. The number of benzene rings is 2. The van der Waals surface area contributed by atoms with Crippen LogP contribution in [0.25, 0.3) is 0 Å². The molecule has 0 saturated carbocycles. The molecule has 0 unspecified atom stereocenters. The Balaban J connectivity index is 1.58. The molecule has 1 aliphatic rings. The molecule has 2 aromatic rings. The topological polar surface area (TPSA) is 27.3 Å². The summed E-state index contributed by atoms with van der Waals surface area (Å²) in [6.07, 6.45) is 2.55. The number of rotatable bonds is 4. The SMILES string of the molecule is C[C@@H](NC(=S)Nc1ccccc1F)c1ccc(N2CCCC2)cc1. The van der Waals surface area contributed by atoms with Crippen molar-refractivity contribution in [3.8, 4) is 0 Å². The van der Waals surface area contributed by atoms with Crippen molar-refractivity contribution in [1.29, 1.82) is 0 Å². The van der Waals surface area contributed by atoms with Gasteiger partial charge in [0, 0.05) is 18.8 Å². The molecule has 0 bridgehead atoms. The number of nitrogens with one attached hydrogen (secondary N) is 2. The Morgan fingerprint density at radius 3 is 2.42 bits per heavy atom. The molecule has 2 N–H and O–H groups in total. The van der Waals surface area contributed by atoms with E-state index in [0.29, 0.717) is 10.8 Å². The van der Waals surface area contributed by atoms with Gasteiger partial charge in [0.15, 0.2) is 5.11 Å². The number of para-hydroxylation sites is 1. The first-order valence-corrected chi connectivity index (χ1v) is 8.71. The van der Waals surface area contributed by atoms with Crippen LogP contribution in [0.5, 0.6) is 0 Å². The zero-order valence-electron chi connectivity index (χ0n) is 13.8. The molecule has 24 heavy (non-hydrogen) atoms. The third-order valence-electron chi connectivity index (χ3n) is 4.33. The summed E-state index contributed by atoms with van der Waals surface area (Å²) in [4.78, 5) is 2.41. The van der Waals surface area contributed by atoms with Crippen molar-refractivity contribution in [3.63, 3.8) is 0 Å². The van der Waals surface area contributed by atoms with Gasteiger partial charge in [-0.2, -0.15) is 0 Å². The number of anilines is 2. The Kier molecular flexibility index (Phi) is 5.30. The molecular formula is C19H22FN3S. The minimum Gasteiger partial charge on any atom is -0.372 e. The van der Waals surface area contributed by atoms with Crippen LogP contribution in [-0.4, -0.2) is 18.2 Å². The summed E-state index contributed by atoms with van der Waals surface area (Å²) in [5, 5.41) is 6.52. The minimum absolute atomic E-state index is 0.0457. The maximum absolute atomic E-state index is 13.6. The summed E-state index contributed by atoms with van der Waals surface area (Å²) in [6, 6.07) is 15.1. The number of thiocarbonyl (C=S) groups is 1. The van der Waals surface area contributed by atoms with Crippen molar-refractivity contribution in [1.82, 2.24) is 5.32 Å². The predicted octanol–water partition coefficient (Wildman–Crippen LogP) is 4.47. The van der Waals surface area contributed by atoms with Crippen LogP contribution in [0.4, 0.5) is 15.8 Å². The summed E-state index contributed by atoms with van der Waals surface area (Å²) in [5.41, 5.74) is 2.80. The summed E-state index contributed by atoms with van der Waals surface area (Å²) in [5.74, 6) is -0.315. The maximum atomic E-state index is 13.6. The monoisotopic (exact) mass is 343 g/mol. The van der Waals surface area contributed by atoms with Crippen molar-refractivity contribution in [2.75, 3.05) is 23.3 Å². The van der Waals surface area contributed by atoms with Crippen LogP contribution < -0.4 is 15.5 Å². The fourth-order valence-electron chi connectivity index (χ4n) is 2.95. The Labute approximate surface area is 147 Å². The molecule has 126 valence electrons. The van der Waals surface area contributed by atoms with Crippen LogP contribution >= 0.6 is 12.2 Å². The largest absolute Gasteiger partial charge is 0.372 e. The zero-order valence-corrected chi connectivity index (χ0v) is 14.6. The van der Waals surface area contributed by atoms with Crippen LogP contribution in [0.3, 0.4) is 0 Å². The maximum Gasteiger partial charge on any atom is 0.171 e. The van der Waals surface area contributed by atoms with Crippen molar-refractivity contribution >= 4 is 28.7 Å². The molecule has 5 heteroatoms. The van der Waals surface area contributed by atoms with Gasteiger partial charge >= 0.3 is 0 Å². The number of hydrogen-bond donors (Lipinski definition) is 2. The molecule has 3 nitrogen and oxygen atoms in total. The highest BCUT2D eigenvalue weighted by molar-refractivity contribution is 7.80. The molecule has 1 saturated heterocycles. The number of hydrogen-bond acceptors (Lipinski definition) is 2. The van der Waals surface area contributed by atoms with Gasteiger partial charge in [0.1, 0.15) is 5.82 Å². The lowest BCUT2D eigenvalue weighted by molar-refractivity contribution is 0.631. The van der Waals surface area contributed by atoms with Gasteiger partial charge in [-0.1, -0.05) is 24.3 Å². The average molecular weight is 343 g/mol. The quantitative estimate of drug-likeness (QED) is 0.801. The van der Waals surface area contributed by atoms with Crippen molar-refractivity contribution in [2.45, 2.75) is 25.8 Å². The molecule has 0 aliphatic carbocycles.